The molecule has 0 heterocycles. The molecule has 0 N–H and O–H groups in total. The molecule has 2 nitrogen and oxygen atoms in total. The zero-order valence-electron chi connectivity index (χ0n) is 3.84. The van der Waals surface area contributed by atoms with Gasteiger partial charge >= 0.3 is 0 Å². The van der Waals surface area contributed by atoms with Crippen LogP contribution in [0.1, 0.15) is 0 Å². The van der Waals surface area contributed by atoms with Crippen molar-refractivity contribution < 1.29 is 9.32 Å². The van der Waals surface area contributed by atoms with Gasteiger partial charge in [0.15, 0.2) is 6.03 Å². The molecule has 0 aromatic heterocycles. The lowest BCUT2D eigenvalue weighted by Crippen LogP contribution is -1.71. The third-order valence-electron chi connectivity index (χ3n) is 0.436. The van der Waals surface area contributed by atoms with E-state index in [2.05, 4.69) is 4.52 Å². The van der Waals surface area contributed by atoms with E-state index in [1.165, 1.54) is 7.11 Å². The number of rotatable bonds is 2. The van der Waals surface area contributed by atoms with Crippen LogP contribution in [0.15, 0.2) is 0 Å². The van der Waals surface area contributed by atoms with Gasteiger partial charge in [-0.2, -0.15) is 0 Å². The zero-order chi connectivity index (χ0) is 4.99. The van der Waals surface area contributed by atoms with E-state index in [1.807, 2.05) is 0 Å². The molecule has 0 aliphatic heterocycles. The highest BCUT2D eigenvalue weighted by Crippen LogP contribution is 2.24. The average Bonchev–Trinajstić information content (AvgIpc) is 1.65. The van der Waals surface area contributed by atoms with Gasteiger partial charge in [-0.25, -0.2) is 0 Å². The average molecular weight is 106 g/mol. The Hall–Kier alpha value is 0.0600. The van der Waals surface area contributed by atoms with Crippen LogP contribution in [0.4, 0.5) is 0 Å². The molecule has 6 heavy (non-hydrogen) atoms. The number of carbonyl (C=O) groups is 1. The minimum absolute atomic E-state index is 0.757. The normalized spacial score (nSPS) is 13.7. The van der Waals surface area contributed by atoms with Gasteiger partial charge in [-0.15, -0.1) is 0 Å². The van der Waals surface area contributed by atoms with E-state index >= 15 is 0 Å². The Morgan fingerprint density at radius 1 is 1.83 bits per heavy atom. The Morgan fingerprint density at radius 2 is 2.33 bits per heavy atom. The summed E-state index contributed by atoms with van der Waals surface area (Å²) < 4.78 is 4.60. The topological polar surface area (TPSA) is 26.3 Å². The Bertz CT molecular complexity index is 46.1. The van der Waals surface area contributed by atoms with Crippen LogP contribution in [-0.4, -0.2) is 19.8 Å². The summed E-state index contributed by atoms with van der Waals surface area (Å²) in [6, 6.07) is 0.815. The van der Waals surface area contributed by atoms with Crippen molar-refractivity contribution in [2.45, 2.75) is 0 Å². The molecule has 0 rings (SSSR count). The highest BCUT2D eigenvalue weighted by molar-refractivity contribution is 7.67. The summed E-state index contributed by atoms with van der Waals surface area (Å²) in [5, 5.41) is 0. The third kappa shape index (κ3) is 2.31. The molecular weight excluding hydrogens is 99.0 g/mol. The molecule has 0 radical (unpaired) electrons. The van der Waals surface area contributed by atoms with Crippen molar-refractivity contribution in [2.75, 3.05) is 13.8 Å². The summed E-state index contributed by atoms with van der Waals surface area (Å²) in [7, 11) is 0.771. The SMILES string of the molecule is COP(C)C=O. The molecule has 3 heteroatoms. The molecule has 0 fully saturated rings. The van der Waals surface area contributed by atoms with Crippen LogP contribution in [-0.2, 0) is 9.32 Å². The fourth-order valence-electron chi connectivity index (χ4n) is 0.0430. The van der Waals surface area contributed by atoms with E-state index < -0.39 is 8.15 Å². The number of hydrogen-bond donors (Lipinski definition) is 0. The summed E-state index contributed by atoms with van der Waals surface area (Å²) in [6.07, 6.45) is 0. The molecule has 1 atom stereocenters. The maximum absolute atomic E-state index is 9.64. The molecule has 0 aromatic carbocycles. The first-order chi connectivity index (χ1) is 2.81. The van der Waals surface area contributed by atoms with E-state index in [4.69, 9.17) is 0 Å². The molecule has 0 amide bonds. The fourth-order valence-corrected chi connectivity index (χ4v) is 0.129. The van der Waals surface area contributed by atoms with Crippen LogP contribution in [0.5, 0.6) is 0 Å². The minimum Gasteiger partial charge on any atom is -0.355 e. The summed E-state index contributed by atoms with van der Waals surface area (Å²) in [5.41, 5.74) is 0. The first-order valence-corrected chi connectivity index (χ1v) is 3.31. The molecule has 0 bridgehead atoms. The quantitative estimate of drug-likeness (QED) is 0.385. The molecule has 0 saturated carbocycles. The van der Waals surface area contributed by atoms with Crippen molar-refractivity contribution in [1.29, 1.82) is 0 Å². The second-order valence-electron chi connectivity index (χ2n) is 0.834. The monoisotopic (exact) mass is 106 g/mol. The summed E-state index contributed by atoms with van der Waals surface area (Å²) in [6.45, 7) is 1.75. The van der Waals surface area contributed by atoms with E-state index in [0.29, 0.717) is 0 Å². The van der Waals surface area contributed by atoms with Gasteiger partial charge in [-0.05, 0) is 6.66 Å². The van der Waals surface area contributed by atoms with Gasteiger partial charge in [-0.3, -0.25) is 4.79 Å². The molecule has 0 saturated heterocycles. The Morgan fingerprint density at radius 3 is 2.33 bits per heavy atom. The van der Waals surface area contributed by atoms with Gasteiger partial charge in [0.2, 0.25) is 0 Å². The highest BCUT2D eigenvalue weighted by atomic mass is 31.1. The van der Waals surface area contributed by atoms with E-state index in [0.717, 1.165) is 6.03 Å². The van der Waals surface area contributed by atoms with Gasteiger partial charge < -0.3 is 4.52 Å². The largest absolute Gasteiger partial charge is 0.355 e. The Balaban J connectivity index is 2.96. The maximum atomic E-state index is 9.64. The lowest BCUT2D eigenvalue weighted by Gasteiger charge is -1.93. The van der Waals surface area contributed by atoms with E-state index in [-0.39, 0.29) is 0 Å². The lowest BCUT2D eigenvalue weighted by molar-refractivity contribution is 0.468. The molecular formula is C3H7O2P. The lowest BCUT2D eigenvalue weighted by atomic mass is 11.8. The Labute approximate surface area is 38.3 Å². The van der Waals surface area contributed by atoms with Crippen LogP contribution in [0, 0.1) is 0 Å². The van der Waals surface area contributed by atoms with Crippen LogP contribution >= 0.6 is 8.15 Å². The maximum Gasteiger partial charge on any atom is 0.168 e. The Kier molecular flexibility index (Phi) is 3.29. The van der Waals surface area contributed by atoms with Gasteiger partial charge in [0, 0.05) is 7.11 Å². The first-order valence-electron chi connectivity index (χ1n) is 1.53. The van der Waals surface area contributed by atoms with Crippen molar-refractivity contribution in [3.8, 4) is 0 Å². The molecule has 36 valence electrons. The van der Waals surface area contributed by atoms with Crippen LogP contribution in [0.25, 0.3) is 0 Å². The first kappa shape index (κ1) is 6.06. The van der Waals surface area contributed by atoms with Crippen molar-refractivity contribution in [1.82, 2.24) is 0 Å². The third-order valence-corrected chi connectivity index (χ3v) is 1.31. The standard InChI is InChI=1S/C3H7O2P/c1-5-6(2)3-4/h3H,1-2H3. The van der Waals surface area contributed by atoms with Gasteiger partial charge in [0.25, 0.3) is 0 Å². The van der Waals surface area contributed by atoms with Gasteiger partial charge in [0.1, 0.15) is 0 Å². The van der Waals surface area contributed by atoms with Crippen LogP contribution < -0.4 is 0 Å². The summed E-state index contributed by atoms with van der Waals surface area (Å²) in [4.78, 5) is 9.64. The van der Waals surface area contributed by atoms with Crippen molar-refractivity contribution in [3.05, 3.63) is 0 Å². The summed E-state index contributed by atoms with van der Waals surface area (Å²) in [5.74, 6) is 0. The van der Waals surface area contributed by atoms with Gasteiger partial charge in [0.05, 0.1) is 8.15 Å². The molecule has 0 aliphatic carbocycles. The van der Waals surface area contributed by atoms with Crippen LogP contribution in [0.2, 0.25) is 0 Å². The second-order valence-corrected chi connectivity index (χ2v) is 2.50. The molecule has 0 aliphatic rings. The highest BCUT2D eigenvalue weighted by Gasteiger charge is 1.88. The second kappa shape index (κ2) is 3.26. The van der Waals surface area contributed by atoms with Crippen molar-refractivity contribution in [3.63, 3.8) is 0 Å². The predicted octanol–water partition coefficient (Wildman–Crippen LogP) is 0.850. The minimum atomic E-state index is -0.757. The van der Waals surface area contributed by atoms with E-state index in [1.54, 1.807) is 6.66 Å². The predicted molar refractivity (Wildman–Crippen MR) is 26.6 cm³/mol. The van der Waals surface area contributed by atoms with Crippen molar-refractivity contribution in [2.24, 2.45) is 0 Å². The number of hydrogen-bond acceptors (Lipinski definition) is 2. The van der Waals surface area contributed by atoms with Gasteiger partial charge in [-0.1, -0.05) is 0 Å². The van der Waals surface area contributed by atoms with E-state index in [9.17, 15) is 4.79 Å². The fraction of sp³-hybridized carbons (Fsp3) is 0.667. The summed E-state index contributed by atoms with van der Waals surface area (Å²) >= 11 is 0. The molecule has 0 spiro atoms. The zero-order valence-corrected chi connectivity index (χ0v) is 4.74. The van der Waals surface area contributed by atoms with Crippen LogP contribution in [0.3, 0.4) is 0 Å². The smallest absolute Gasteiger partial charge is 0.168 e. The molecule has 0 aromatic rings. The van der Waals surface area contributed by atoms with Crippen molar-refractivity contribution >= 4 is 14.2 Å². The number of carbonyl (C=O) groups excluding carboxylic acids is 1. The molecule has 1 unspecified atom stereocenters.